The third kappa shape index (κ3) is 2.78. The first-order valence-electron chi connectivity index (χ1n) is 6.90. The Hall–Kier alpha value is -2.83. The van der Waals surface area contributed by atoms with Gasteiger partial charge in [0.25, 0.3) is 0 Å². The van der Waals surface area contributed by atoms with Gasteiger partial charge in [0.2, 0.25) is 0 Å². The molecule has 114 valence electrons. The van der Waals surface area contributed by atoms with Gasteiger partial charge in [0.1, 0.15) is 5.75 Å². The summed E-state index contributed by atoms with van der Waals surface area (Å²) in [5.74, 6) is 0.865. The van der Waals surface area contributed by atoms with Gasteiger partial charge in [-0.05, 0) is 37.1 Å². The van der Waals surface area contributed by atoms with Gasteiger partial charge < -0.3 is 19.6 Å². The van der Waals surface area contributed by atoms with Gasteiger partial charge in [-0.15, -0.1) is 0 Å². The third-order valence-corrected chi connectivity index (χ3v) is 3.38. The number of carbonyl (C=O) groups excluding carboxylic acids is 1. The highest BCUT2D eigenvalue weighted by atomic mass is 16.5. The molecule has 0 aliphatic heterocycles. The van der Waals surface area contributed by atoms with Gasteiger partial charge in [-0.1, -0.05) is 5.16 Å². The molecule has 7 nitrogen and oxygen atoms in total. The Morgan fingerprint density at radius 3 is 3.05 bits per heavy atom. The Labute approximate surface area is 126 Å². The Balaban J connectivity index is 1.65. The Morgan fingerprint density at radius 2 is 2.32 bits per heavy atom. The zero-order valence-electron chi connectivity index (χ0n) is 12.3. The molecule has 1 amide bonds. The number of hydrogen-bond acceptors (Lipinski definition) is 5. The average Bonchev–Trinajstić information content (AvgIpc) is 3.13. The summed E-state index contributed by atoms with van der Waals surface area (Å²) in [7, 11) is 1.64. The summed E-state index contributed by atoms with van der Waals surface area (Å²) in [6.45, 7) is 2.14. The summed E-state index contributed by atoms with van der Waals surface area (Å²) in [6.07, 6.45) is 2.62. The molecule has 0 aliphatic carbocycles. The van der Waals surface area contributed by atoms with Crippen molar-refractivity contribution < 1.29 is 14.1 Å². The Bertz CT molecular complexity index is 806. The van der Waals surface area contributed by atoms with Gasteiger partial charge in [0, 0.05) is 23.6 Å². The molecule has 0 bridgehead atoms. The second kappa shape index (κ2) is 5.88. The number of ether oxygens (including phenoxy) is 1. The summed E-state index contributed by atoms with van der Waals surface area (Å²) in [6, 6.07) is 5.85. The molecule has 1 aromatic carbocycles. The largest absolute Gasteiger partial charge is 0.497 e. The van der Waals surface area contributed by atoms with Gasteiger partial charge in [-0.25, -0.2) is 0 Å². The zero-order valence-corrected chi connectivity index (χ0v) is 12.3. The van der Waals surface area contributed by atoms with E-state index in [-0.39, 0.29) is 11.8 Å². The van der Waals surface area contributed by atoms with Crippen molar-refractivity contribution in [1.29, 1.82) is 0 Å². The van der Waals surface area contributed by atoms with Crippen LogP contribution < -0.4 is 10.1 Å². The first-order valence-corrected chi connectivity index (χ1v) is 6.90. The predicted octanol–water partition coefficient (Wildman–Crippen LogP) is 1.84. The van der Waals surface area contributed by atoms with Crippen molar-refractivity contribution in [3.05, 3.63) is 41.7 Å². The van der Waals surface area contributed by atoms with Crippen LogP contribution in [0.2, 0.25) is 0 Å². The van der Waals surface area contributed by atoms with Crippen LogP contribution in [0.3, 0.4) is 0 Å². The number of aromatic nitrogens is 3. The fraction of sp³-hybridized carbons (Fsp3) is 0.267. The van der Waals surface area contributed by atoms with Gasteiger partial charge >= 0.3 is 11.8 Å². The van der Waals surface area contributed by atoms with Crippen LogP contribution in [0.15, 0.2) is 28.9 Å². The molecule has 7 heteroatoms. The van der Waals surface area contributed by atoms with Crippen LogP contribution in [0.1, 0.15) is 22.1 Å². The number of H-pyrrole nitrogens is 1. The molecule has 0 saturated heterocycles. The number of methoxy groups -OCH3 is 1. The number of rotatable bonds is 5. The number of benzene rings is 1. The summed E-state index contributed by atoms with van der Waals surface area (Å²) < 4.78 is 10.1. The van der Waals surface area contributed by atoms with Crippen molar-refractivity contribution in [2.45, 2.75) is 13.3 Å². The van der Waals surface area contributed by atoms with E-state index in [1.807, 2.05) is 24.4 Å². The number of amides is 1. The molecule has 3 rings (SSSR count). The van der Waals surface area contributed by atoms with Crippen molar-refractivity contribution in [2.24, 2.45) is 0 Å². The quantitative estimate of drug-likeness (QED) is 0.750. The molecular formula is C15H16N4O3. The van der Waals surface area contributed by atoms with E-state index in [0.29, 0.717) is 18.8 Å². The molecule has 0 spiro atoms. The maximum atomic E-state index is 11.8. The number of fused-ring (bicyclic) bond motifs is 1. The first-order chi connectivity index (χ1) is 10.7. The summed E-state index contributed by atoms with van der Waals surface area (Å²) in [5.41, 5.74) is 2.14. The van der Waals surface area contributed by atoms with E-state index in [9.17, 15) is 4.79 Å². The lowest BCUT2D eigenvalue weighted by Crippen LogP contribution is -2.25. The number of aryl methyl sites for hydroxylation is 1. The van der Waals surface area contributed by atoms with Crippen molar-refractivity contribution in [3.8, 4) is 5.75 Å². The van der Waals surface area contributed by atoms with E-state index in [2.05, 4.69) is 20.4 Å². The standard InChI is InChI=1S/C15H16N4O3/c1-9-18-15(22-19-9)14(20)16-6-5-10-8-17-13-4-3-11(21-2)7-12(10)13/h3-4,7-8,17H,5-6H2,1-2H3,(H,16,20). The number of aromatic amines is 1. The Morgan fingerprint density at radius 1 is 1.45 bits per heavy atom. The lowest BCUT2D eigenvalue weighted by atomic mass is 10.1. The van der Waals surface area contributed by atoms with E-state index < -0.39 is 0 Å². The monoisotopic (exact) mass is 300 g/mol. The number of nitrogens with one attached hydrogen (secondary N) is 2. The predicted molar refractivity (Wildman–Crippen MR) is 79.9 cm³/mol. The maximum absolute atomic E-state index is 11.8. The topological polar surface area (TPSA) is 93.0 Å². The maximum Gasteiger partial charge on any atom is 0.315 e. The fourth-order valence-electron chi connectivity index (χ4n) is 2.27. The van der Waals surface area contributed by atoms with E-state index in [0.717, 1.165) is 22.2 Å². The van der Waals surface area contributed by atoms with Crippen LogP contribution in [0.4, 0.5) is 0 Å². The second-order valence-corrected chi connectivity index (χ2v) is 4.88. The van der Waals surface area contributed by atoms with Crippen molar-refractivity contribution in [3.63, 3.8) is 0 Å². The molecule has 0 saturated carbocycles. The lowest BCUT2D eigenvalue weighted by molar-refractivity contribution is 0.0910. The van der Waals surface area contributed by atoms with Gasteiger partial charge in [0.15, 0.2) is 5.82 Å². The van der Waals surface area contributed by atoms with Crippen LogP contribution in [-0.4, -0.2) is 34.7 Å². The fourth-order valence-corrected chi connectivity index (χ4v) is 2.27. The smallest absolute Gasteiger partial charge is 0.315 e. The van der Waals surface area contributed by atoms with Crippen LogP contribution in [-0.2, 0) is 6.42 Å². The molecular weight excluding hydrogens is 284 g/mol. The molecule has 22 heavy (non-hydrogen) atoms. The highest BCUT2D eigenvalue weighted by Crippen LogP contribution is 2.23. The van der Waals surface area contributed by atoms with Crippen LogP contribution in [0.25, 0.3) is 10.9 Å². The van der Waals surface area contributed by atoms with Gasteiger partial charge in [-0.3, -0.25) is 4.79 Å². The van der Waals surface area contributed by atoms with Crippen LogP contribution >= 0.6 is 0 Å². The highest BCUT2D eigenvalue weighted by molar-refractivity contribution is 5.89. The normalized spacial score (nSPS) is 10.8. The zero-order chi connectivity index (χ0) is 15.5. The second-order valence-electron chi connectivity index (χ2n) is 4.88. The summed E-state index contributed by atoms with van der Waals surface area (Å²) >= 11 is 0. The van der Waals surface area contributed by atoms with E-state index in [4.69, 9.17) is 9.26 Å². The van der Waals surface area contributed by atoms with Gasteiger partial charge in [0.05, 0.1) is 7.11 Å². The van der Waals surface area contributed by atoms with Crippen LogP contribution in [0, 0.1) is 6.92 Å². The Kier molecular flexibility index (Phi) is 3.78. The van der Waals surface area contributed by atoms with Gasteiger partial charge in [-0.2, -0.15) is 4.98 Å². The van der Waals surface area contributed by atoms with Crippen molar-refractivity contribution in [1.82, 2.24) is 20.4 Å². The number of carbonyl (C=O) groups is 1. The minimum Gasteiger partial charge on any atom is -0.497 e. The first kappa shape index (κ1) is 14.1. The molecule has 2 aromatic heterocycles. The molecule has 3 aromatic rings. The molecule has 0 radical (unpaired) electrons. The minimum absolute atomic E-state index is 0.0157. The lowest BCUT2D eigenvalue weighted by Gasteiger charge is -2.03. The highest BCUT2D eigenvalue weighted by Gasteiger charge is 2.13. The van der Waals surface area contributed by atoms with E-state index in [1.165, 1.54) is 0 Å². The summed E-state index contributed by atoms with van der Waals surface area (Å²) in [4.78, 5) is 18.9. The molecule has 2 heterocycles. The molecule has 0 fully saturated rings. The molecule has 0 aliphatic rings. The molecule has 0 atom stereocenters. The van der Waals surface area contributed by atoms with Crippen LogP contribution in [0.5, 0.6) is 5.75 Å². The molecule has 2 N–H and O–H groups in total. The van der Waals surface area contributed by atoms with Crippen molar-refractivity contribution in [2.75, 3.05) is 13.7 Å². The SMILES string of the molecule is COc1ccc2[nH]cc(CCNC(=O)c3nc(C)no3)c2c1. The molecule has 0 unspecified atom stereocenters. The third-order valence-electron chi connectivity index (χ3n) is 3.38. The summed E-state index contributed by atoms with van der Waals surface area (Å²) in [5, 5.41) is 7.44. The van der Waals surface area contributed by atoms with E-state index in [1.54, 1.807) is 14.0 Å². The van der Waals surface area contributed by atoms with Crippen molar-refractivity contribution >= 4 is 16.8 Å². The average molecular weight is 300 g/mol. The number of nitrogens with zero attached hydrogens (tertiary/aromatic N) is 2. The number of hydrogen-bond donors (Lipinski definition) is 2. The van der Waals surface area contributed by atoms with E-state index >= 15 is 0 Å². The minimum atomic E-state index is -0.363.